The predicted molar refractivity (Wildman–Crippen MR) is 113 cm³/mol. The van der Waals surface area contributed by atoms with Gasteiger partial charge in [0.1, 0.15) is 5.75 Å². The number of amides is 1. The molecule has 2 heterocycles. The Balaban J connectivity index is 1.52. The lowest BCUT2D eigenvalue weighted by Crippen LogP contribution is -2.26. The number of hydrogen-bond acceptors (Lipinski definition) is 7. The summed E-state index contributed by atoms with van der Waals surface area (Å²) in [5.41, 5.74) is 2.32. The van der Waals surface area contributed by atoms with Gasteiger partial charge in [0, 0.05) is 18.5 Å². The van der Waals surface area contributed by atoms with Crippen LogP contribution >= 0.6 is 0 Å². The van der Waals surface area contributed by atoms with Gasteiger partial charge in [-0.05, 0) is 31.5 Å². The minimum absolute atomic E-state index is 0.0151. The Hall–Kier alpha value is -3.24. The van der Waals surface area contributed by atoms with E-state index in [1.54, 1.807) is 4.90 Å². The van der Waals surface area contributed by atoms with Gasteiger partial charge in [-0.25, -0.2) is 13.1 Å². The Morgan fingerprint density at radius 1 is 1.19 bits per heavy atom. The van der Waals surface area contributed by atoms with Crippen molar-refractivity contribution in [2.45, 2.75) is 31.2 Å². The van der Waals surface area contributed by atoms with Gasteiger partial charge in [0.05, 0.1) is 24.2 Å². The Bertz CT molecular complexity index is 1200. The number of ether oxygens (including phenoxy) is 1. The van der Waals surface area contributed by atoms with Crippen LogP contribution in [0, 0.1) is 6.92 Å². The molecule has 1 aromatic heterocycles. The standard InChI is InChI=1S/C21H22N4O5S/c1-14-5-7-15(8-6-14)21-23-19(30-24-21)13-22-31(27,28)16-9-10-18(29-2)17(12-16)25-11-3-4-20(25)26/h5-10,12,22H,3-4,11,13H2,1-2H3. The van der Waals surface area contributed by atoms with Gasteiger partial charge in [-0.3, -0.25) is 4.79 Å². The monoisotopic (exact) mass is 442 g/mol. The third kappa shape index (κ3) is 4.44. The molecule has 1 fully saturated rings. The lowest BCUT2D eigenvalue weighted by atomic mass is 10.1. The van der Waals surface area contributed by atoms with Crippen LogP contribution < -0.4 is 14.4 Å². The molecule has 9 nitrogen and oxygen atoms in total. The first-order valence-electron chi connectivity index (χ1n) is 9.75. The molecule has 0 radical (unpaired) electrons. The Morgan fingerprint density at radius 2 is 1.97 bits per heavy atom. The van der Waals surface area contributed by atoms with Crippen LogP contribution in [0.4, 0.5) is 5.69 Å². The van der Waals surface area contributed by atoms with E-state index in [4.69, 9.17) is 9.26 Å². The van der Waals surface area contributed by atoms with Crippen LogP contribution in [0.5, 0.6) is 5.75 Å². The summed E-state index contributed by atoms with van der Waals surface area (Å²) in [6.07, 6.45) is 1.15. The van der Waals surface area contributed by atoms with Crippen molar-refractivity contribution in [2.24, 2.45) is 0 Å². The molecule has 0 saturated carbocycles. The van der Waals surface area contributed by atoms with Crippen molar-refractivity contribution >= 4 is 21.6 Å². The largest absolute Gasteiger partial charge is 0.495 e. The number of rotatable bonds is 7. The minimum atomic E-state index is -3.89. The number of methoxy groups -OCH3 is 1. The molecule has 1 saturated heterocycles. The van der Waals surface area contributed by atoms with Crippen LogP contribution in [0.3, 0.4) is 0 Å². The zero-order valence-corrected chi connectivity index (χ0v) is 18.0. The number of nitrogens with zero attached hydrogens (tertiary/aromatic N) is 3. The smallest absolute Gasteiger partial charge is 0.242 e. The first-order chi connectivity index (χ1) is 14.9. The molecule has 0 unspecified atom stereocenters. The number of carbonyl (C=O) groups is 1. The maximum absolute atomic E-state index is 12.8. The second kappa shape index (κ2) is 8.48. The van der Waals surface area contributed by atoms with E-state index in [1.165, 1.54) is 25.3 Å². The number of aromatic nitrogens is 2. The molecule has 0 bridgehead atoms. The Kier molecular flexibility index (Phi) is 5.75. The second-order valence-corrected chi connectivity index (χ2v) is 8.95. The maximum Gasteiger partial charge on any atom is 0.242 e. The minimum Gasteiger partial charge on any atom is -0.495 e. The molecular weight excluding hydrogens is 420 g/mol. The molecule has 162 valence electrons. The third-order valence-corrected chi connectivity index (χ3v) is 6.42. The lowest BCUT2D eigenvalue weighted by Gasteiger charge is -2.20. The number of carbonyl (C=O) groups excluding carboxylic acids is 1. The first kappa shape index (κ1) is 21.0. The molecular formula is C21H22N4O5S. The van der Waals surface area contributed by atoms with Crippen molar-refractivity contribution < 1.29 is 22.5 Å². The van der Waals surface area contributed by atoms with Crippen molar-refractivity contribution in [1.82, 2.24) is 14.9 Å². The summed E-state index contributed by atoms with van der Waals surface area (Å²) in [4.78, 5) is 17.9. The molecule has 0 spiro atoms. The van der Waals surface area contributed by atoms with Gasteiger partial charge in [-0.2, -0.15) is 4.98 Å². The van der Waals surface area contributed by atoms with E-state index in [2.05, 4.69) is 14.9 Å². The van der Waals surface area contributed by atoms with Crippen LogP contribution in [0.15, 0.2) is 51.9 Å². The highest BCUT2D eigenvalue weighted by Gasteiger charge is 2.26. The summed E-state index contributed by atoms with van der Waals surface area (Å²) in [6.45, 7) is 2.34. The van der Waals surface area contributed by atoms with E-state index in [-0.39, 0.29) is 23.2 Å². The quantitative estimate of drug-likeness (QED) is 0.598. The molecule has 0 aliphatic carbocycles. The normalized spacial score (nSPS) is 14.3. The van der Waals surface area contributed by atoms with E-state index in [0.717, 1.165) is 17.5 Å². The van der Waals surface area contributed by atoms with E-state index in [1.807, 2.05) is 31.2 Å². The summed E-state index contributed by atoms with van der Waals surface area (Å²) in [5.74, 6) is 0.903. The van der Waals surface area contributed by atoms with E-state index >= 15 is 0 Å². The fraction of sp³-hybridized carbons (Fsp3) is 0.286. The molecule has 10 heteroatoms. The molecule has 1 aliphatic heterocycles. The molecule has 31 heavy (non-hydrogen) atoms. The number of anilines is 1. The van der Waals surface area contributed by atoms with Crippen molar-refractivity contribution in [3.63, 3.8) is 0 Å². The van der Waals surface area contributed by atoms with Gasteiger partial charge >= 0.3 is 0 Å². The van der Waals surface area contributed by atoms with Gasteiger partial charge in [-0.1, -0.05) is 35.0 Å². The topological polar surface area (TPSA) is 115 Å². The summed E-state index contributed by atoms with van der Waals surface area (Å²) in [7, 11) is -2.41. The van der Waals surface area contributed by atoms with E-state index < -0.39 is 10.0 Å². The van der Waals surface area contributed by atoms with Crippen molar-refractivity contribution in [2.75, 3.05) is 18.6 Å². The summed E-state index contributed by atoms with van der Waals surface area (Å²) in [5, 5.41) is 3.91. The fourth-order valence-corrected chi connectivity index (χ4v) is 4.33. The van der Waals surface area contributed by atoms with Gasteiger partial charge in [-0.15, -0.1) is 0 Å². The van der Waals surface area contributed by atoms with Crippen molar-refractivity contribution in [3.8, 4) is 17.1 Å². The van der Waals surface area contributed by atoms with E-state index in [9.17, 15) is 13.2 Å². The number of aryl methyl sites for hydroxylation is 1. The Labute approximate surface area is 180 Å². The number of benzene rings is 2. The van der Waals surface area contributed by atoms with Crippen LogP contribution in [-0.4, -0.2) is 38.1 Å². The summed E-state index contributed by atoms with van der Waals surface area (Å²) in [6, 6.07) is 12.0. The summed E-state index contributed by atoms with van der Waals surface area (Å²) < 4.78 is 38.6. The molecule has 3 aromatic rings. The number of sulfonamides is 1. The zero-order valence-electron chi connectivity index (χ0n) is 17.2. The Morgan fingerprint density at radius 3 is 2.65 bits per heavy atom. The zero-order chi connectivity index (χ0) is 22.0. The van der Waals surface area contributed by atoms with Crippen molar-refractivity contribution in [1.29, 1.82) is 0 Å². The van der Waals surface area contributed by atoms with Crippen LogP contribution in [0.1, 0.15) is 24.3 Å². The predicted octanol–water partition coefficient (Wildman–Crippen LogP) is 2.66. The second-order valence-electron chi connectivity index (χ2n) is 7.18. The third-order valence-electron chi connectivity index (χ3n) is 5.02. The number of nitrogens with one attached hydrogen (secondary N) is 1. The first-order valence-corrected chi connectivity index (χ1v) is 11.2. The van der Waals surface area contributed by atoms with Gasteiger partial charge in [0.2, 0.25) is 27.6 Å². The van der Waals surface area contributed by atoms with Crippen LogP contribution in [-0.2, 0) is 21.4 Å². The fourth-order valence-electron chi connectivity index (χ4n) is 3.34. The highest BCUT2D eigenvalue weighted by molar-refractivity contribution is 7.89. The highest BCUT2D eigenvalue weighted by Crippen LogP contribution is 2.33. The van der Waals surface area contributed by atoms with Gasteiger partial charge in [0.15, 0.2) is 0 Å². The molecule has 1 N–H and O–H groups in total. The van der Waals surface area contributed by atoms with E-state index in [0.29, 0.717) is 30.2 Å². The van der Waals surface area contributed by atoms with Gasteiger partial charge in [0.25, 0.3) is 0 Å². The molecule has 1 amide bonds. The van der Waals surface area contributed by atoms with Crippen LogP contribution in [0.2, 0.25) is 0 Å². The molecule has 1 aliphatic rings. The maximum atomic E-state index is 12.8. The van der Waals surface area contributed by atoms with Crippen molar-refractivity contribution in [3.05, 3.63) is 53.9 Å². The van der Waals surface area contributed by atoms with Crippen LogP contribution in [0.25, 0.3) is 11.4 Å². The average molecular weight is 442 g/mol. The molecule has 4 rings (SSSR count). The molecule has 0 atom stereocenters. The summed E-state index contributed by atoms with van der Waals surface area (Å²) >= 11 is 0. The average Bonchev–Trinajstić information content (AvgIpc) is 3.41. The number of hydrogen-bond donors (Lipinski definition) is 1. The highest BCUT2D eigenvalue weighted by atomic mass is 32.2. The van der Waals surface area contributed by atoms with Gasteiger partial charge < -0.3 is 14.2 Å². The lowest BCUT2D eigenvalue weighted by molar-refractivity contribution is -0.117. The SMILES string of the molecule is COc1ccc(S(=O)(=O)NCc2nc(-c3ccc(C)cc3)no2)cc1N1CCCC1=O. The molecule has 2 aromatic carbocycles.